The molecule has 2 amide bonds. The van der Waals surface area contributed by atoms with Gasteiger partial charge in [-0.1, -0.05) is 18.2 Å². The molecule has 1 aliphatic heterocycles. The maximum absolute atomic E-state index is 12.8. The van der Waals surface area contributed by atoms with E-state index >= 15 is 0 Å². The van der Waals surface area contributed by atoms with E-state index in [0.29, 0.717) is 24.4 Å². The summed E-state index contributed by atoms with van der Waals surface area (Å²) in [6.45, 7) is 1.36. The molecule has 124 valence electrons. The van der Waals surface area contributed by atoms with Crippen LogP contribution in [0.5, 0.6) is 0 Å². The van der Waals surface area contributed by atoms with Crippen LogP contribution in [0.1, 0.15) is 16.1 Å². The molecule has 0 radical (unpaired) electrons. The lowest BCUT2D eigenvalue weighted by molar-refractivity contribution is -0.127. The molecule has 0 saturated carbocycles. The number of benzene rings is 1. The third kappa shape index (κ3) is 4.08. The van der Waals surface area contributed by atoms with E-state index in [1.165, 1.54) is 6.26 Å². The zero-order valence-corrected chi connectivity index (χ0v) is 13.9. The van der Waals surface area contributed by atoms with Crippen molar-refractivity contribution in [3.63, 3.8) is 0 Å². The van der Waals surface area contributed by atoms with Crippen molar-refractivity contribution in [2.75, 3.05) is 24.6 Å². The first-order chi connectivity index (χ1) is 11.7. The molecule has 6 heteroatoms. The molecular formula is C18H18N2O3S. The largest absolute Gasteiger partial charge is 0.465 e. The lowest BCUT2D eigenvalue weighted by atomic mass is 10.2. The van der Waals surface area contributed by atoms with Crippen molar-refractivity contribution >= 4 is 29.7 Å². The lowest BCUT2D eigenvalue weighted by Crippen LogP contribution is -2.42. The van der Waals surface area contributed by atoms with Crippen LogP contribution in [0.2, 0.25) is 0 Å². The van der Waals surface area contributed by atoms with Gasteiger partial charge in [-0.3, -0.25) is 9.59 Å². The monoisotopic (exact) mass is 342 g/mol. The molecule has 1 saturated heterocycles. The molecule has 1 aromatic carbocycles. The number of thioether (sulfide) groups is 1. The van der Waals surface area contributed by atoms with E-state index in [1.54, 1.807) is 47.4 Å². The molecule has 1 N–H and O–H groups in total. The van der Waals surface area contributed by atoms with Gasteiger partial charge >= 0.3 is 0 Å². The van der Waals surface area contributed by atoms with E-state index in [4.69, 9.17) is 4.42 Å². The summed E-state index contributed by atoms with van der Waals surface area (Å²) in [4.78, 5) is 27.0. The second-order valence-electron chi connectivity index (χ2n) is 5.30. The van der Waals surface area contributed by atoms with Gasteiger partial charge in [-0.15, -0.1) is 0 Å². The predicted molar refractivity (Wildman–Crippen MR) is 94.5 cm³/mol. The van der Waals surface area contributed by atoms with Crippen LogP contribution in [-0.4, -0.2) is 41.3 Å². The van der Waals surface area contributed by atoms with Gasteiger partial charge in [0, 0.05) is 36.2 Å². The Morgan fingerprint density at radius 3 is 2.50 bits per heavy atom. The maximum atomic E-state index is 12.8. The quantitative estimate of drug-likeness (QED) is 0.868. The number of hydrogen-bond acceptors (Lipinski definition) is 4. The van der Waals surface area contributed by atoms with Crippen LogP contribution < -0.4 is 5.32 Å². The second-order valence-corrected chi connectivity index (χ2v) is 6.52. The van der Waals surface area contributed by atoms with Crippen molar-refractivity contribution in [1.82, 2.24) is 10.2 Å². The van der Waals surface area contributed by atoms with Crippen LogP contribution >= 0.6 is 11.8 Å². The molecular weight excluding hydrogens is 324 g/mol. The molecule has 0 bridgehead atoms. The molecule has 0 unspecified atom stereocenters. The third-order valence-electron chi connectivity index (χ3n) is 3.64. The minimum atomic E-state index is -0.312. The molecule has 2 heterocycles. The first-order valence-corrected chi connectivity index (χ1v) is 8.88. The Bertz CT molecular complexity index is 720. The van der Waals surface area contributed by atoms with Gasteiger partial charge < -0.3 is 14.6 Å². The van der Waals surface area contributed by atoms with Gasteiger partial charge in [0.25, 0.3) is 11.8 Å². The Balaban J connectivity index is 1.82. The Morgan fingerprint density at radius 2 is 1.83 bits per heavy atom. The number of rotatable bonds is 4. The highest BCUT2D eigenvalue weighted by Gasteiger charge is 2.22. The summed E-state index contributed by atoms with van der Waals surface area (Å²) in [5.74, 6) is 1.85. The number of nitrogens with one attached hydrogen (secondary N) is 1. The van der Waals surface area contributed by atoms with Crippen molar-refractivity contribution in [2.45, 2.75) is 0 Å². The highest BCUT2D eigenvalue weighted by atomic mass is 32.2. The summed E-state index contributed by atoms with van der Waals surface area (Å²) in [6.07, 6.45) is 3.11. The summed E-state index contributed by atoms with van der Waals surface area (Å²) in [5.41, 5.74) is 0.732. The van der Waals surface area contributed by atoms with Crippen LogP contribution in [-0.2, 0) is 4.79 Å². The SMILES string of the molecule is O=C(NC(=Cc1ccco1)C(=O)N1CCSCC1)c1ccccc1. The van der Waals surface area contributed by atoms with Crippen LogP contribution in [0.15, 0.2) is 58.8 Å². The number of carbonyl (C=O) groups is 2. The van der Waals surface area contributed by atoms with Crippen LogP contribution in [0, 0.1) is 0 Å². The van der Waals surface area contributed by atoms with E-state index in [0.717, 1.165) is 11.5 Å². The highest BCUT2D eigenvalue weighted by Crippen LogP contribution is 2.14. The van der Waals surface area contributed by atoms with Gasteiger partial charge in [0.1, 0.15) is 11.5 Å². The standard InChI is InChI=1S/C18H18N2O3S/c21-17(14-5-2-1-3-6-14)19-16(13-15-7-4-10-23-15)18(22)20-8-11-24-12-9-20/h1-7,10,13H,8-9,11-12H2,(H,19,21). The summed E-state index contributed by atoms with van der Waals surface area (Å²) < 4.78 is 5.29. The number of hydrogen-bond donors (Lipinski definition) is 1. The van der Waals surface area contributed by atoms with Crippen LogP contribution in [0.25, 0.3) is 6.08 Å². The molecule has 1 aliphatic rings. The van der Waals surface area contributed by atoms with Gasteiger partial charge in [-0.05, 0) is 24.3 Å². The maximum Gasteiger partial charge on any atom is 0.270 e. The zero-order valence-electron chi connectivity index (χ0n) is 13.1. The molecule has 1 aromatic heterocycles. The summed E-state index contributed by atoms with van der Waals surface area (Å²) in [6, 6.07) is 12.3. The smallest absolute Gasteiger partial charge is 0.270 e. The summed E-state index contributed by atoms with van der Waals surface area (Å²) >= 11 is 1.82. The Labute approximate surface area is 144 Å². The number of carbonyl (C=O) groups excluding carboxylic acids is 2. The Hall–Kier alpha value is -2.47. The van der Waals surface area contributed by atoms with Crippen LogP contribution in [0.4, 0.5) is 0 Å². The van der Waals surface area contributed by atoms with Crippen molar-refractivity contribution in [2.24, 2.45) is 0 Å². The third-order valence-corrected chi connectivity index (χ3v) is 4.59. The molecule has 0 atom stereocenters. The number of nitrogens with zero attached hydrogens (tertiary/aromatic N) is 1. The minimum Gasteiger partial charge on any atom is -0.465 e. The first kappa shape index (κ1) is 16.4. The molecule has 0 aliphatic carbocycles. The fourth-order valence-electron chi connectivity index (χ4n) is 2.39. The van der Waals surface area contributed by atoms with Gasteiger partial charge in [0.2, 0.25) is 0 Å². The molecule has 5 nitrogen and oxygen atoms in total. The van der Waals surface area contributed by atoms with E-state index in [1.807, 2.05) is 17.8 Å². The van der Waals surface area contributed by atoms with E-state index in [9.17, 15) is 9.59 Å². The minimum absolute atomic E-state index is 0.184. The van der Waals surface area contributed by atoms with Gasteiger partial charge in [0.15, 0.2) is 0 Å². The Morgan fingerprint density at radius 1 is 1.08 bits per heavy atom. The Kier molecular flexibility index (Phi) is 5.38. The van der Waals surface area contributed by atoms with Gasteiger partial charge in [-0.2, -0.15) is 11.8 Å². The average Bonchev–Trinajstić information content (AvgIpc) is 3.15. The van der Waals surface area contributed by atoms with Gasteiger partial charge in [0.05, 0.1) is 6.26 Å². The van der Waals surface area contributed by atoms with E-state index in [-0.39, 0.29) is 17.5 Å². The van der Waals surface area contributed by atoms with Crippen molar-refractivity contribution < 1.29 is 14.0 Å². The van der Waals surface area contributed by atoms with Crippen molar-refractivity contribution in [3.05, 3.63) is 65.7 Å². The van der Waals surface area contributed by atoms with Crippen molar-refractivity contribution in [3.8, 4) is 0 Å². The number of amides is 2. The lowest BCUT2D eigenvalue weighted by Gasteiger charge is -2.27. The normalized spacial score (nSPS) is 15.2. The second kappa shape index (κ2) is 7.88. The highest BCUT2D eigenvalue weighted by molar-refractivity contribution is 7.99. The fourth-order valence-corrected chi connectivity index (χ4v) is 3.29. The average molecular weight is 342 g/mol. The molecule has 24 heavy (non-hydrogen) atoms. The molecule has 0 spiro atoms. The van der Waals surface area contributed by atoms with E-state index in [2.05, 4.69) is 5.32 Å². The molecule has 2 aromatic rings. The summed E-state index contributed by atoms with van der Waals surface area (Å²) in [7, 11) is 0. The van der Waals surface area contributed by atoms with Gasteiger partial charge in [-0.25, -0.2) is 0 Å². The first-order valence-electron chi connectivity index (χ1n) is 7.72. The summed E-state index contributed by atoms with van der Waals surface area (Å²) in [5, 5.41) is 2.73. The van der Waals surface area contributed by atoms with E-state index < -0.39 is 0 Å². The van der Waals surface area contributed by atoms with Crippen molar-refractivity contribution in [1.29, 1.82) is 0 Å². The van der Waals surface area contributed by atoms with Crippen LogP contribution in [0.3, 0.4) is 0 Å². The molecule has 3 rings (SSSR count). The molecule has 1 fully saturated rings. The zero-order chi connectivity index (χ0) is 16.8. The number of furan rings is 1. The topological polar surface area (TPSA) is 62.6 Å². The fraction of sp³-hybridized carbons (Fsp3) is 0.222. The predicted octanol–water partition coefficient (Wildman–Crippen LogP) is 2.63.